The molecule has 1 atom stereocenters. The molecule has 1 aliphatic heterocycles. The Hall–Kier alpha value is 0.260. The first kappa shape index (κ1) is 13.3. The quantitative estimate of drug-likeness (QED) is 0.621. The van der Waals surface area contributed by atoms with E-state index in [1.54, 1.807) is 13.8 Å². The number of aliphatic hydroxyl groups is 1. The summed E-state index contributed by atoms with van der Waals surface area (Å²) < 4.78 is 0. The highest BCUT2D eigenvalue weighted by atomic mass is 79.9. The molecule has 1 heterocycles. The topological polar surface area (TPSA) is 40.5 Å². The van der Waals surface area contributed by atoms with E-state index in [2.05, 4.69) is 15.9 Å². The van der Waals surface area contributed by atoms with Crippen LogP contribution in [0.15, 0.2) is 0 Å². The van der Waals surface area contributed by atoms with E-state index in [-0.39, 0.29) is 11.2 Å². The van der Waals surface area contributed by atoms with Crippen LogP contribution in [0.3, 0.4) is 0 Å². The van der Waals surface area contributed by atoms with Gasteiger partial charge in [0.05, 0.1) is 11.5 Å². The van der Waals surface area contributed by atoms with Crippen molar-refractivity contribution in [3.63, 3.8) is 0 Å². The van der Waals surface area contributed by atoms with Gasteiger partial charge in [0.1, 0.15) is 5.25 Å². The zero-order chi connectivity index (χ0) is 11.5. The number of rotatable bonds is 5. The maximum atomic E-state index is 11.9. The minimum absolute atomic E-state index is 0.0853. The molecule has 1 N–H and O–H groups in total. The largest absolute Gasteiger partial charge is 0.389 e. The molecule has 1 aliphatic rings. The fourth-order valence-corrected chi connectivity index (χ4v) is 3.22. The lowest BCUT2D eigenvalue weighted by molar-refractivity contribution is -0.132. The van der Waals surface area contributed by atoms with Crippen LogP contribution in [0.1, 0.15) is 26.7 Å². The normalized spacial score (nSPS) is 22.5. The maximum absolute atomic E-state index is 11.9. The van der Waals surface area contributed by atoms with Crippen molar-refractivity contribution in [1.29, 1.82) is 0 Å². The lowest BCUT2D eigenvalue weighted by atomic mass is 10.0. The van der Waals surface area contributed by atoms with Gasteiger partial charge in [0.15, 0.2) is 0 Å². The first-order valence-electron chi connectivity index (χ1n) is 5.15. The second-order valence-electron chi connectivity index (χ2n) is 4.33. The molecule has 15 heavy (non-hydrogen) atoms. The van der Waals surface area contributed by atoms with Crippen molar-refractivity contribution in [1.82, 2.24) is 4.90 Å². The van der Waals surface area contributed by atoms with Crippen molar-refractivity contribution in [3.05, 3.63) is 0 Å². The fourth-order valence-electron chi connectivity index (χ4n) is 1.54. The summed E-state index contributed by atoms with van der Waals surface area (Å²) in [6.07, 6.45) is 2.11. The molecule has 1 amide bonds. The average Bonchev–Trinajstić information content (AvgIpc) is 2.47. The summed E-state index contributed by atoms with van der Waals surface area (Å²) >= 11 is 4.91. The maximum Gasteiger partial charge on any atom is 0.239 e. The molecule has 1 saturated heterocycles. The highest BCUT2D eigenvalue weighted by Gasteiger charge is 2.41. The summed E-state index contributed by atoms with van der Waals surface area (Å²) in [5, 5.41) is 10.5. The SMILES string of the molecule is CC(C)(O)C1SCN(CCCCBr)C1=O. The molecule has 0 spiro atoms. The first-order valence-corrected chi connectivity index (χ1v) is 7.32. The lowest BCUT2D eigenvalue weighted by Gasteiger charge is -2.23. The van der Waals surface area contributed by atoms with Crippen LogP contribution < -0.4 is 0 Å². The minimum atomic E-state index is -0.911. The number of amides is 1. The molecule has 1 unspecified atom stereocenters. The molecule has 1 rings (SSSR count). The Morgan fingerprint density at radius 3 is 2.73 bits per heavy atom. The highest BCUT2D eigenvalue weighted by molar-refractivity contribution is 9.09. The predicted molar refractivity (Wildman–Crippen MR) is 67.3 cm³/mol. The summed E-state index contributed by atoms with van der Waals surface area (Å²) in [4.78, 5) is 13.7. The monoisotopic (exact) mass is 295 g/mol. The van der Waals surface area contributed by atoms with Crippen LogP contribution in [0.5, 0.6) is 0 Å². The van der Waals surface area contributed by atoms with Gasteiger partial charge in [0, 0.05) is 11.9 Å². The van der Waals surface area contributed by atoms with Crippen molar-refractivity contribution in [2.75, 3.05) is 17.8 Å². The predicted octanol–water partition coefficient (Wildman–Crippen LogP) is 1.83. The molecule has 0 aromatic heterocycles. The number of unbranched alkanes of at least 4 members (excludes halogenated alkanes) is 1. The number of hydrogen-bond donors (Lipinski definition) is 1. The summed E-state index contributed by atoms with van der Waals surface area (Å²) in [5.74, 6) is 0.803. The van der Waals surface area contributed by atoms with Gasteiger partial charge < -0.3 is 10.0 Å². The molecule has 88 valence electrons. The second kappa shape index (κ2) is 5.55. The summed E-state index contributed by atoms with van der Waals surface area (Å²) in [6.45, 7) is 4.21. The zero-order valence-electron chi connectivity index (χ0n) is 9.20. The van der Waals surface area contributed by atoms with Gasteiger partial charge in [0.25, 0.3) is 0 Å². The Balaban J connectivity index is 2.42. The number of halogens is 1. The third-order valence-electron chi connectivity index (χ3n) is 2.39. The molecule has 0 saturated carbocycles. The van der Waals surface area contributed by atoms with Crippen LogP contribution in [0.25, 0.3) is 0 Å². The number of nitrogens with zero attached hydrogens (tertiary/aromatic N) is 1. The van der Waals surface area contributed by atoms with Gasteiger partial charge in [-0.1, -0.05) is 15.9 Å². The zero-order valence-corrected chi connectivity index (χ0v) is 11.6. The molecule has 0 aliphatic carbocycles. The van der Waals surface area contributed by atoms with Gasteiger partial charge in [-0.15, -0.1) is 11.8 Å². The number of alkyl halides is 1. The summed E-state index contributed by atoms with van der Waals surface area (Å²) in [6, 6.07) is 0. The van der Waals surface area contributed by atoms with E-state index in [4.69, 9.17) is 0 Å². The molecule has 0 bridgehead atoms. The van der Waals surface area contributed by atoms with E-state index < -0.39 is 5.60 Å². The smallest absolute Gasteiger partial charge is 0.239 e. The Kier molecular flexibility index (Phi) is 4.93. The van der Waals surface area contributed by atoms with Gasteiger partial charge in [0.2, 0.25) is 5.91 Å². The Morgan fingerprint density at radius 2 is 2.27 bits per heavy atom. The third-order valence-corrected chi connectivity index (χ3v) is 4.52. The van der Waals surface area contributed by atoms with E-state index in [9.17, 15) is 9.90 Å². The molecule has 1 fully saturated rings. The van der Waals surface area contributed by atoms with Crippen molar-refractivity contribution in [2.45, 2.75) is 37.5 Å². The van der Waals surface area contributed by atoms with E-state index in [0.29, 0.717) is 0 Å². The van der Waals surface area contributed by atoms with Crippen LogP contribution in [-0.4, -0.2) is 44.5 Å². The number of carbonyl (C=O) groups is 1. The van der Waals surface area contributed by atoms with E-state index >= 15 is 0 Å². The molecular weight excluding hydrogens is 278 g/mol. The molecule has 3 nitrogen and oxygen atoms in total. The minimum Gasteiger partial charge on any atom is -0.389 e. The number of hydrogen-bond acceptors (Lipinski definition) is 3. The van der Waals surface area contributed by atoms with Crippen molar-refractivity contribution < 1.29 is 9.90 Å². The highest BCUT2D eigenvalue weighted by Crippen LogP contribution is 2.32. The Labute approximate surface area is 104 Å². The molecular formula is C10H18BrNO2S. The van der Waals surface area contributed by atoms with Gasteiger partial charge in [-0.3, -0.25) is 4.79 Å². The van der Waals surface area contributed by atoms with Crippen LogP contribution >= 0.6 is 27.7 Å². The van der Waals surface area contributed by atoms with Gasteiger partial charge in [-0.05, 0) is 26.7 Å². The van der Waals surface area contributed by atoms with Crippen LogP contribution in [-0.2, 0) is 4.79 Å². The number of carbonyl (C=O) groups excluding carboxylic acids is 1. The van der Waals surface area contributed by atoms with Gasteiger partial charge in [-0.2, -0.15) is 0 Å². The average molecular weight is 296 g/mol. The van der Waals surface area contributed by atoms with Crippen LogP contribution in [0.2, 0.25) is 0 Å². The fraction of sp³-hybridized carbons (Fsp3) is 0.900. The van der Waals surface area contributed by atoms with E-state index in [1.807, 2.05) is 4.90 Å². The molecule has 0 radical (unpaired) electrons. The van der Waals surface area contributed by atoms with Crippen molar-refractivity contribution in [2.24, 2.45) is 0 Å². The van der Waals surface area contributed by atoms with Gasteiger partial charge in [-0.25, -0.2) is 0 Å². The Morgan fingerprint density at radius 1 is 1.60 bits per heavy atom. The molecule has 0 aromatic carbocycles. The second-order valence-corrected chi connectivity index (χ2v) is 6.18. The van der Waals surface area contributed by atoms with Crippen LogP contribution in [0.4, 0.5) is 0 Å². The van der Waals surface area contributed by atoms with E-state index in [0.717, 1.165) is 30.6 Å². The standard InChI is InChI=1S/C10H18BrNO2S/c1-10(2,14)8-9(13)12(7-15-8)6-4-3-5-11/h8,14H,3-7H2,1-2H3. The van der Waals surface area contributed by atoms with Crippen LogP contribution in [0, 0.1) is 0 Å². The lowest BCUT2D eigenvalue weighted by Crippen LogP contribution is -2.41. The molecule has 0 aromatic rings. The summed E-state index contributed by atoms with van der Waals surface area (Å²) in [5.41, 5.74) is -0.911. The summed E-state index contributed by atoms with van der Waals surface area (Å²) in [7, 11) is 0. The third kappa shape index (κ3) is 3.64. The number of thioether (sulfide) groups is 1. The van der Waals surface area contributed by atoms with Crippen molar-refractivity contribution >= 4 is 33.6 Å². The van der Waals surface area contributed by atoms with Crippen molar-refractivity contribution in [3.8, 4) is 0 Å². The Bertz CT molecular complexity index is 230. The van der Waals surface area contributed by atoms with E-state index in [1.165, 1.54) is 11.8 Å². The molecule has 5 heteroatoms. The van der Waals surface area contributed by atoms with Gasteiger partial charge >= 0.3 is 0 Å². The first-order chi connectivity index (χ1) is 6.96.